The monoisotopic (exact) mass is 334 g/mol. The molecule has 5 rings (SSSR count). The molecule has 0 radical (unpaired) electrons. The highest BCUT2D eigenvalue weighted by molar-refractivity contribution is 6.27. The zero-order valence-corrected chi connectivity index (χ0v) is 13.9. The van der Waals surface area contributed by atoms with Gasteiger partial charge in [0.25, 0.3) is 0 Å². The van der Waals surface area contributed by atoms with Gasteiger partial charge >= 0.3 is 0 Å². The van der Waals surface area contributed by atoms with Crippen molar-refractivity contribution in [1.29, 1.82) is 0 Å². The average Bonchev–Trinajstić information content (AvgIpc) is 2.71. The van der Waals surface area contributed by atoms with E-state index in [0.717, 1.165) is 21.9 Å². The molecule has 26 heavy (non-hydrogen) atoms. The number of fused-ring (bicyclic) bond motifs is 2. The fourth-order valence-corrected chi connectivity index (χ4v) is 3.78. The second-order valence-electron chi connectivity index (χ2n) is 6.50. The molecule has 0 saturated heterocycles. The zero-order valence-electron chi connectivity index (χ0n) is 13.9. The number of carbonyl (C=O) groups is 2. The molecule has 4 aromatic carbocycles. The van der Waals surface area contributed by atoms with E-state index in [1.165, 1.54) is 0 Å². The van der Waals surface area contributed by atoms with E-state index in [1.54, 1.807) is 0 Å². The first kappa shape index (κ1) is 14.8. The summed E-state index contributed by atoms with van der Waals surface area (Å²) in [6.45, 7) is 0. The summed E-state index contributed by atoms with van der Waals surface area (Å²) in [6.07, 6.45) is 0. The molecule has 4 aromatic rings. The zero-order chi connectivity index (χ0) is 17.7. The largest absolute Gasteiger partial charge is 0.289 e. The van der Waals surface area contributed by atoms with Gasteiger partial charge in [0.05, 0.1) is 0 Å². The van der Waals surface area contributed by atoms with Crippen LogP contribution in [0.15, 0.2) is 84.9 Å². The fourth-order valence-electron chi connectivity index (χ4n) is 3.78. The molecule has 0 aliphatic heterocycles. The second kappa shape index (κ2) is 5.50. The third-order valence-corrected chi connectivity index (χ3v) is 4.98. The summed E-state index contributed by atoms with van der Waals surface area (Å²) in [6, 6.07) is 26.4. The third-order valence-electron chi connectivity index (χ3n) is 4.98. The molecule has 0 saturated carbocycles. The summed E-state index contributed by atoms with van der Waals surface area (Å²) in [5.74, 6) is 0.0318. The minimum absolute atomic E-state index is 0.0106. The van der Waals surface area contributed by atoms with Crippen molar-refractivity contribution < 1.29 is 9.59 Å². The molecule has 0 aromatic heterocycles. The van der Waals surface area contributed by atoms with Gasteiger partial charge in [0.2, 0.25) is 0 Å². The number of hydrogen-bond donors (Lipinski definition) is 0. The molecule has 0 spiro atoms. The van der Waals surface area contributed by atoms with E-state index in [1.807, 2.05) is 84.9 Å². The number of ketones is 2. The van der Waals surface area contributed by atoms with Crippen molar-refractivity contribution in [3.8, 4) is 11.1 Å². The van der Waals surface area contributed by atoms with Gasteiger partial charge in [0.15, 0.2) is 11.6 Å². The molecule has 0 fully saturated rings. The van der Waals surface area contributed by atoms with E-state index in [4.69, 9.17) is 0 Å². The normalized spacial score (nSPS) is 12.1. The lowest BCUT2D eigenvalue weighted by Crippen LogP contribution is -2.11. The van der Waals surface area contributed by atoms with Crippen molar-refractivity contribution in [2.45, 2.75) is 0 Å². The Balaban J connectivity index is 1.83. The minimum atomic E-state index is -0.0106. The van der Waals surface area contributed by atoms with Gasteiger partial charge in [-0.05, 0) is 28.6 Å². The molecule has 0 heterocycles. The summed E-state index contributed by atoms with van der Waals surface area (Å²) in [4.78, 5) is 25.8. The predicted molar refractivity (Wildman–Crippen MR) is 103 cm³/mol. The summed E-state index contributed by atoms with van der Waals surface area (Å²) in [5.41, 5.74) is 4.54. The summed E-state index contributed by atoms with van der Waals surface area (Å²) >= 11 is 0. The van der Waals surface area contributed by atoms with E-state index in [9.17, 15) is 9.59 Å². The van der Waals surface area contributed by atoms with Gasteiger partial charge in [-0.1, -0.05) is 72.8 Å². The van der Waals surface area contributed by atoms with Crippen LogP contribution < -0.4 is 0 Å². The van der Waals surface area contributed by atoms with Crippen LogP contribution in [0, 0.1) is 0 Å². The van der Waals surface area contributed by atoms with Gasteiger partial charge in [0, 0.05) is 27.6 Å². The maximum absolute atomic E-state index is 13.0. The van der Waals surface area contributed by atoms with E-state index in [2.05, 4.69) is 0 Å². The highest BCUT2D eigenvalue weighted by Crippen LogP contribution is 2.40. The van der Waals surface area contributed by atoms with Crippen LogP contribution in [0.5, 0.6) is 0 Å². The van der Waals surface area contributed by atoms with Crippen LogP contribution in [-0.2, 0) is 0 Å². The summed E-state index contributed by atoms with van der Waals surface area (Å²) in [5, 5.41) is 1.85. The van der Waals surface area contributed by atoms with Gasteiger partial charge in [0.1, 0.15) is 0 Å². The quantitative estimate of drug-likeness (QED) is 0.411. The molecular formula is C24H14O2. The van der Waals surface area contributed by atoms with E-state index in [-0.39, 0.29) is 11.6 Å². The highest BCUT2D eigenvalue weighted by atomic mass is 16.1. The van der Waals surface area contributed by atoms with Gasteiger partial charge in [-0.25, -0.2) is 0 Å². The Hall–Kier alpha value is -3.52. The SMILES string of the molecule is O=C(c1ccccc1)c1cc2c3c(cccc3c1)C(=O)c1ccccc1-2. The predicted octanol–water partition coefficient (Wildman–Crippen LogP) is 5.28. The summed E-state index contributed by atoms with van der Waals surface area (Å²) in [7, 11) is 0. The van der Waals surface area contributed by atoms with Crippen LogP contribution >= 0.6 is 0 Å². The Labute approximate surface area is 150 Å². The number of benzene rings is 4. The van der Waals surface area contributed by atoms with Gasteiger partial charge in [-0.2, -0.15) is 0 Å². The van der Waals surface area contributed by atoms with E-state index in [0.29, 0.717) is 22.3 Å². The Morgan fingerprint density at radius 2 is 1.27 bits per heavy atom. The number of carbonyl (C=O) groups excluding carboxylic acids is 2. The standard InChI is InChI=1S/C24H14O2/c25-23(15-7-2-1-3-8-15)17-13-16-9-6-12-20-22(16)21(14-17)18-10-4-5-11-19(18)24(20)26/h1-14H. The second-order valence-corrected chi connectivity index (χ2v) is 6.50. The minimum Gasteiger partial charge on any atom is -0.289 e. The lowest BCUT2D eigenvalue weighted by Gasteiger charge is -2.20. The molecule has 0 bridgehead atoms. The van der Waals surface area contributed by atoms with Crippen molar-refractivity contribution in [3.05, 3.63) is 107 Å². The molecule has 1 aliphatic carbocycles. The lowest BCUT2D eigenvalue weighted by atomic mass is 9.81. The molecule has 2 heteroatoms. The van der Waals surface area contributed by atoms with Gasteiger partial charge in [-0.15, -0.1) is 0 Å². The molecular weight excluding hydrogens is 320 g/mol. The molecule has 0 atom stereocenters. The Bertz CT molecular complexity index is 1200. The lowest BCUT2D eigenvalue weighted by molar-refractivity contribution is 0.103. The number of hydrogen-bond acceptors (Lipinski definition) is 2. The molecule has 0 amide bonds. The molecule has 1 aliphatic rings. The van der Waals surface area contributed by atoms with E-state index >= 15 is 0 Å². The number of rotatable bonds is 2. The smallest absolute Gasteiger partial charge is 0.194 e. The van der Waals surface area contributed by atoms with Crippen LogP contribution in [0.3, 0.4) is 0 Å². The highest BCUT2D eigenvalue weighted by Gasteiger charge is 2.26. The molecule has 0 unspecified atom stereocenters. The molecule has 0 N–H and O–H groups in total. The topological polar surface area (TPSA) is 34.1 Å². The maximum atomic E-state index is 13.0. The first-order valence-electron chi connectivity index (χ1n) is 8.54. The van der Waals surface area contributed by atoms with Crippen molar-refractivity contribution in [2.24, 2.45) is 0 Å². The first-order valence-corrected chi connectivity index (χ1v) is 8.54. The van der Waals surface area contributed by atoms with Crippen molar-refractivity contribution >= 4 is 22.3 Å². The van der Waals surface area contributed by atoms with Crippen LogP contribution in [-0.4, -0.2) is 11.6 Å². The first-order chi connectivity index (χ1) is 12.7. The van der Waals surface area contributed by atoms with Gasteiger partial charge < -0.3 is 0 Å². The summed E-state index contributed by atoms with van der Waals surface area (Å²) < 4.78 is 0. The van der Waals surface area contributed by atoms with Crippen molar-refractivity contribution in [2.75, 3.05) is 0 Å². The Morgan fingerprint density at radius 1 is 0.577 bits per heavy atom. The molecule has 2 nitrogen and oxygen atoms in total. The average molecular weight is 334 g/mol. The maximum Gasteiger partial charge on any atom is 0.194 e. The van der Waals surface area contributed by atoms with E-state index < -0.39 is 0 Å². The van der Waals surface area contributed by atoms with Crippen LogP contribution in [0.25, 0.3) is 21.9 Å². The van der Waals surface area contributed by atoms with Crippen molar-refractivity contribution in [3.63, 3.8) is 0 Å². The third kappa shape index (κ3) is 2.06. The van der Waals surface area contributed by atoms with Crippen LogP contribution in [0.1, 0.15) is 31.8 Å². The fraction of sp³-hybridized carbons (Fsp3) is 0. The van der Waals surface area contributed by atoms with Crippen molar-refractivity contribution in [1.82, 2.24) is 0 Å². The molecule has 122 valence electrons. The van der Waals surface area contributed by atoms with Gasteiger partial charge in [-0.3, -0.25) is 9.59 Å². The Morgan fingerprint density at radius 3 is 2.08 bits per heavy atom. The van der Waals surface area contributed by atoms with Crippen LogP contribution in [0.4, 0.5) is 0 Å². The van der Waals surface area contributed by atoms with Crippen LogP contribution in [0.2, 0.25) is 0 Å². The Kier molecular flexibility index (Phi) is 3.13.